The molecule has 3 rings (SSSR count). The first-order chi connectivity index (χ1) is 9.76. The Balaban J connectivity index is 1.67. The summed E-state index contributed by atoms with van der Waals surface area (Å²) >= 11 is 0. The topological polar surface area (TPSA) is 45.6 Å². The van der Waals surface area contributed by atoms with E-state index in [2.05, 4.69) is 40.7 Å². The molecule has 0 spiro atoms. The van der Waals surface area contributed by atoms with E-state index >= 15 is 0 Å². The average Bonchev–Trinajstić information content (AvgIpc) is 2.90. The summed E-state index contributed by atoms with van der Waals surface area (Å²) in [7, 11) is 1.73. The van der Waals surface area contributed by atoms with E-state index in [9.17, 15) is 0 Å². The van der Waals surface area contributed by atoms with E-state index in [0.717, 1.165) is 24.8 Å². The predicted molar refractivity (Wildman–Crippen MR) is 81.6 cm³/mol. The van der Waals surface area contributed by atoms with Gasteiger partial charge in [0.2, 0.25) is 0 Å². The smallest absolute Gasteiger partial charge is 0.191 e. The summed E-state index contributed by atoms with van der Waals surface area (Å²) in [5.74, 6) is 2.50. The molecule has 0 aromatic heterocycles. The van der Waals surface area contributed by atoms with Crippen LogP contribution in [0.3, 0.4) is 0 Å². The van der Waals surface area contributed by atoms with Crippen LogP contribution in [0.15, 0.2) is 23.2 Å². The molecule has 1 heterocycles. The third kappa shape index (κ3) is 2.74. The zero-order chi connectivity index (χ0) is 13.9. The molecule has 0 amide bonds. The Morgan fingerprint density at radius 1 is 1.45 bits per heavy atom. The molecule has 0 saturated carbocycles. The van der Waals surface area contributed by atoms with E-state index in [1.165, 1.54) is 30.4 Å². The Hall–Kier alpha value is -1.71. The highest BCUT2D eigenvalue weighted by molar-refractivity contribution is 5.81. The lowest BCUT2D eigenvalue weighted by Crippen LogP contribution is -2.39. The van der Waals surface area contributed by atoms with Crippen molar-refractivity contribution in [1.82, 2.24) is 10.6 Å². The van der Waals surface area contributed by atoms with Gasteiger partial charge in [-0.25, -0.2) is 0 Å². The van der Waals surface area contributed by atoms with Crippen molar-refractivity contribution in [2.45, 2.75) is 38.1 Å². The van der Waals surface area contributed by atoms with Gasteiger partial charge in [0.1, 0.15) is 5.75 Å². The number of benzene rings is 1. The van der Waals surface area contributed by atoms with Gasteiger partial charge in [-0.1, -0.05) is 6.07 Å². The molecule has 2 atom stereocenters. The van der Waals surface area contributed by atoms with Crippen molar-refractivity contribution in [2.75, 3.05) is 20.2 Å². The number of guanidine groups is 1. The molecule has 2 aliphatic rings. The molecule has 0 fully saturated rings. The lowest BCUT2D eigenvalue weighted by Gasteiger charge is -2.26. The minimum Gasteiger partial charge on any atom is -0.497 e. The van der Waals surface area contributed by atoms with E-state index in [-0.39, 0.29) is 0 Å². The van der Waals surface area contributed by atoms with Gasteiger partial charge in [-0.15, -0.1) is 0 Å². The van der Waals surface area contributed by atoms with Crippen molar-refractivity contribution >= 4 is 5.96 Å². The van der Waals surface area contributed by atoms with Gasteiger partial charge in [-0.05, 0) is 49.4 Å². The molecular weight excluding hydrogens is 250 g/mol. The van der Waals surface area contributed by atoms with Gasteiger partial charge < -0.3 is 15.4 Å². The summed E-state index contributed by atoms with van der Waals surface area (Å²) in [5.41, 5.74) is 2.91. The predicted octanol–water partition coefficient (Wildman–Crippen LogP) is 2.05. The summed E-state index contributed by atoms with van der Waals surface area (Å²) in [4.78, 5) is 4.46. The quantitative estimate of drug-likeness (QED) is 0.886. The Kier molecular flexibility index (Phi) is 3.81. The fourth-order valence-electron chi connectivity index (χ4n) is 3.11. The van der Waals surface area contributed by atoms with Gasteiger partial charge in [-0.2, -0.15) is 0 Å². The molecule has 4 nitrogen and oxygen atoms in total. The maximum Gasteiger partial charge on any atom is 0.191 e. The van der Waals surface area contributed by atoms with E-state index in [1.54, 1.807) is 7.11 Å². The van der Waals surface area contributed by atoms with Crippen LogP contribution < -0.4 is 15.4 Å². The van der Waals surface area contributed by atoms with Crippen LogP contribution in [0.4, 0.5) is 0 Å². The SMILES string of the molecule is COc1ccc2c(c1)CCCC2CNC1=NCC(C)N1. The number of ether oxygens (including phenoxy) is 1. The highest BCUT2D eigenvalue weighted by Gasteiger charge is 2.21. The maximum atomic E-state index is 5.32. The minimum absolute atomic E-state index is 0.459. The second-order valence-electron chi connectivity index (χ2n) is 5.77. The third-order valence-corrected chi connectivity index (χ3v) is 4.21. The number of rotatable bonds is 3. The molecule has 108 valence electrons. The first-order valence-electron chi connectivity index (χ1n) is 7.48. The summed E-state index contributed by atoms with van der Waals surface area (Å²) in [6.45, 7) is 3.99. The number of hydrogen-bond donors (Lipinski definition) is 2. The van der Waals surface area contributed by atoms with Crippen molar-refractivity contribution in [1.29, 1.82) is 0 Å². The van der Waals surface area contributed by atoms with Crippen LogP contribution >= 0.6 is 0 Å². The zero-order valence-electron chi connectivity index (χ0n) is 12.3. The second-order valence-corrected chi connectivity index (χ2v) is 5.77. The van der Waals surface area contributed by atoms with Crippen LogP contribution in [0.1, 0.15) is 36.8 Å². The summed E-state index contributed by atoms with van der Waals surface area (Å²) < 4.78 is 5.32. The fraction of sp³-hybridized carbons (Fsp3) is 0.562. The van der Waals surface area contributed by atoms with Crippen LogP contribution in [0.2, 0.25) is 0 Å². The monoisotopic (exact) mass is 273 g/mol. The second kappa shape index (κ2) is 5.73. The molecule has 0 saturated heterocycles. The lowest BCUT2D eigenvalue weighted by atomic mass is 9.82. The minimum atomic E-state index is 0.459. The van der Waals surface area contributed by atoms with Crippen LogP contribution in [0.5, 0.6) is 5.75 Å². The molecule has 4 heteroatoms. The van der Waals surface area contributed by atoms with Crippen LogP contribution in [0.25, 0.3) is 0 Å². The van der Waals surface area contributed by atoms with E-state index in [4.69, 9.17) is 4.74 Å². The number of aliphatic imine (C=N–C) groups is 1. The summed E-state index contributed by atoms with van der Waals surface area (Å²) in [6, 6.07) is 6.95. The van der Waals surface area contributed by atoms with Crippen LogP contribution in [-0.2, 0) is 6.42 Å². The lowest BCUT2D eigenvalue weighted by molar-refractivity contribution is 0.412. The van der Waals surface area contributed by atoms with E-state index < -0.39 is 0 Å². The molecule has 0 radical (unpaired) electrons. The van der Waals surface area contributed by atoms with E-state index in [1.807, 2.05) is 0 Å². The summed E-state index contributed by atoms with van der Waals surface area (Å²) in [5, 5.41) is 6.81. The Bertz CT molecular complexity index is 512. The molecule has 2 unspecified atom stereocenters. The molecule has 1 aliphatic heterocycles. The molecule has 0 bridgehead atoms. The molecule has 2 N–H and O–H groups in total. The van der Waals surface area contributed by atoms with Crippen LogP contribution in [-0.4, -0.2) is 32.2 Å². The Morgan fingerprint density at radius 2 is 2.35 bits per heavy atom. The highest BCUT2D eigenvalue weighted by atomic mass is 16.5. The Labute approximate surface area is 120 Å². The standard InChI is InChI=1S/C16H23N3O/c1-11-9-17-16(19-11)18-10-13-5-3-4-12-8-14(20-2)6-7-15(12)13/h6-8,11,13H,3-5,9-10H2,1-2H3,(H2,17,18,19). The molecule has 20 heavy (non-hydrogen) atoms. The number of nitrogens with zero attached hydrogens (tertiary/aromatic N) is 1. The van der Waals surface area contributed by atoms with Gasteiger partial charge in [0.15, 0.2) is 5.96 Å². The molecular formula is C16H23N3O. The third-order valence-electron chi connectivity index (χ3n) is 4.21. The van der Waals surface area contributed by atoms with Gasteiger partial charge in [0.25, 0.3) is 0 Å². The largest absolute Gasteiger partial charge is 0.497 e. The van der Waals surface area contributed by atoms with Crippen LogP contribution in [0, 0.1) is 0 Å². The first-order valence-corrected chi connectivity index (χ1v) is 7.48. The van der Waals surface area contributed by atoms with Crippen molar-refractivity contribution in [3.8, 4) is 5.75 Å². The van der Waals surface area contributed by atoms with Crippen molar-refractivity contribution < 1.29 is 4.74 Å². The number of fused-ring (bicyclic) bond motifs is 1. The van der Waals surface area contributed by atoms with Crippen molar-refractivity contribution in [3.05, 3.63) is 29.3 Å². The van der Waals surface area contributed by atoms with E-state index in [0.29, 0.717) is 12.0 Å². The summed E-state index contributed by atoms with van der Waals surface area (Å²) in [6.07, 6.45) is 3.66. The van der Waals surface area contributed by atoms with Crippen molar-refractivity contribution in [2.24, 2.45) is 4.99 Å². The number of hydrogen-bond acceptors (Lipinski definition) is 4. The van der Waals surface area contributed by atoms with Gasteiger partial charge >= 0.3 is 0 Å². The first kappa shape index (κ1) is 13.3. The van der Waals surface area contributed by atoms with Crippen molar-refractivity contribution in [3.63, 3.8) is 0 Å². The number of methoxy groups -OCH3 is 1. The van der Waals surface area contributed by atoms with Gasteiger partial charge in [0, 0.05) is 18.5 Å². The zero-order valence-corrected chi connectivity index (χ0v) is 12.3. The van der Waals surface area contributed by atoms with Gasteiger partial charge in [-0.3, -0.25) is 4.99 Å². The molecule has 1 aliphatic carbocycles. The number of nitrogens with one attached hydrogen (secondary N) is 2. The molecule has 1 aromatic rings. The fourth-order valence-corrected chi connectivity index (χ4v) is 3.11. The maximum absolute atomic E-state index is 5.32. The average molecular weight is 273 g/mol. The van der Waals surface area contributed by atoms with Gasteiger partial charge in [0.05, 0.1) is 13.7 Å². The number of aryl methyl sites for hydroxylation is 1. The normalized spacial score (nSPS) is 24.6. The highest BCUT2D eigenvalue weighted by Crippen LogP contribution is 2.33. The molecule has 1 aromatic carbocycles. The Morgan fingerprint density at radius 3 is 3.10 bits per heavy atom.